The number of hydrogen-bond donors (Lipinski definition) is 3. The zero-order valence-electron chi connectivity index (χ0n) is 24.9. The molecule has 0 saturated heterocycles. The minimum absolute atomic E-state index is 0.0846. The summed E-state index contributed by atoms with van der Waals surface area (Å²) in [7, 11) is -0.671. The Kier molecular flexibility index (Phi) is 8.87. The number of aliphatic hydroxyl groups excluding tert-OH is 1. The van der Waals surface area contributed by atoms with E-state index in [9.17, 15) is 23.1 Å². The zero-order chi connectivity index (χ0) is 31.6. The van der Waals surface area contributed by atoms with E-state index in [1.807, 2.05) is 6.92 Å². The Balaban J connectivity index is 1.38. The summed E-state index contributed by atoms with van der Waals surface area (Å²) >= 11 is 0. The van der Waals surface area contributed by atoms with Crippen LogP contribution in [0.5, 0.6) is 17.2 Å². The number of urea groups is 1. The fraction of sp³-hybridized carbons (Fsp3) is 0.414. The Hall–Kier alpha value is -4.50. The summed E-state index contributed by atoms with van der Waals surface area (Å²) in [5, 5.41) is 12.6. The molecule has 5 rings (SSSR count). The number of carbonyl (C=O) groups excluding carboxylic acids is 2. The second-order valence-corrected chi connectivity index (χ2v) is 12.7. The molecular weight excluding hydrogens is 592 g/mol. The van der Waals surface area contributed by atoms with Gasteiger partial charge < -0.3 is 39.0 Å². The van der Waals surface area contributed by atoms with Gasteiger partial charge in [-0.1, -0.05) is 6.92 Å². The van der Waals surface area contributed by atoms with Crippen molar-refractivity contribution in [2.45, 2.75) is 37.4 Å². The molecule has 2 aromatic carbocycles. The van der Waals surface area contributed by atoms with Crippen LogP contribution in [0.3, 0.4) is 0 Å². The van der Waals surface area contributed by atoms with Gasteiger partial charge in [0.15, 0.2) is 16.5 Å². The first-order chi connectivity index (χ1) is 20.9. The number of fused-ring (bicyclic) bond motifs is 2. The molecule has 0 spiro atoms. The molecule has 0 fully saturated rings. The summed E-state index contributed by atoms with van der Waals surface area (Å²) in [5.74, 6) is 1.04. The van der Waals surface area contributed by atoms with Crippen LogP contribution < -0.4 is 24.2 Å². The van der Waals surface area contributed by atoms with Gasteiger partial charge in [-0.2, -0.15) is 8.42 Å². The molecule has 236 valence electrons. The van der Waals surface area contributed by atoms with E-state index in [-0.39, 0.29) is 61.5 Å². The second kappa shape index (κ2) is 12.6. The van der Waals surface area contributed by atoms with Crippen LogP contribution in [0.2, 0.25) is 0 Å². The van der Waals surface area contributed by atoms with Crippen LogP contribution in [0.25, 0.3) is 0 Å². The number of anilines is 2. The highest BCUT2D eigenvalue weighted by Gasteiger charge is 2.32. The van der Waals surface area contributed by atoms with E-state index in [1.54, 1.807) is 62.3 Å². The molecule has 0 aliphatic carbocycles. The van der Waals surface area contributed by atoms with Gasteiger partial charge in [0.05, 0.1) is 31.9 Å². The maximum Gasteiger partial charge on any atom is 0.321 e. The maximum absolute atomic E-state index is 13.5. The molecule has 0 bridgehead atoms. The lowest BCUT2D eigenvalue weighted by atomic mass is 10.0. The minimum Gasteiger partial charge on any atom is -0.488 e. The van der Waals surface area contributed by atoms with Gasteiger partial charge in [-0.15, -0.1) is 0 Å². The van der Waals surface area contributed by atoms with E-state index in [4.69, 9.17) is 14.2 Å². The summed E-state index contributed by atoms with van der Waals surface area (Å²) in [4.78, 5) is 33.6. The van der Waals surface area contributed by atoms with Crippen molar-refractivity contribution in [2.24, 2.45) is 13.0 Å². The standard InChI is InChI=1S/C29H36N6O8S/c1-18-12-35(19(2)15-36)28(37)10-20-9-22(32-44(39,40)27-14-33(3)16-30-27)6-7-23(20)43-26(18)13-34(4)29(38)31-21-5-8-24-25(11-21)42-17-41-24/h5-9,11,14,16,18-19,26,32,36H,10,12-13,15,17H2,1-4H3,(H,31,38)/t18-,19+,26-/m0/s1. The van der Waals surface area contributed by atoms with E-state index in [2.05, 4.69) is 15.0 Å². The van der Waals surface area contributed by atoms with Gasteiger partial charge in [-0.05, 0) is 37.3 Å². The van der Waals surface area contributed by atoms with E-state index in [0.29, 0.717) is 28.5 Å². The van der Waals surface area contributed by atoms with Crippen molar-refractivity contribution in [3.8, 4) is 17.2 Å². The lowest BCUT2D eigenvalue weighted by molar-refractivity contribution is -0.134. The third-order valence-electron chi connectivity index (χ3n) is 7.55. The number of ether oxygens (including phenoxy) is 3. The molecule has 2 aliphatic rings. The molecule has 3 amide bonds. The van der Waals surface area contributed by atoms with Gasteiger partial charge in [-0.25, -0.2) is 9.78 Å². The third kappa shape index (κ3) is 6.83. The first-order valence-electron chi connectivity index (χ1n) is 14.1. The Bertz CT molecular complexity index is 1640. The van der Waals surface area contributed by atoms with E-state index in [1.165, 1.54) is 22.0 Å². The summed E-state index contributed by atoms with van der Waals surface area (Å²) < 4.78 is 47.0. The quantitative estimate of drug-likeness (QED) is 0.339. The highest BCUT2D eigenvalue weighted by molar-refractivity contribution is 7.92. The number of rotatable bonds is 8. The smallest absolute Gasteiger partial charge is 0.321 e. The van der Waals surface area contributed by atoms with Gasteiger partial charge >= 0.3 is 6.03 Å². The molecule has 0 unspecified atom stereocenters. The van der Waals surface area contributed by atoms with E-state index >= 15 is 0 Å². The zero-order valence-corrected chi connectivity index (χ0v) is 25.7. The Labute approximate surface area is 255 Å². The minimum atomic E-state index is -3.98. The molecule has 3 aromatic rings. The van der Waals surface area contributed by atoms with Crippen LogP contribution in [-0.2, 0) is 28.3 Å². The molecule has 0 saturated carbocycles. The Morgan fingerprint density at radius 2 is 1.89 bits per heavy atom. The maximum atomic E-state index is 13.5. The number of sulfonamides is 1. The van der Waals surface area contributed by atoms with Gasteiger partial charge in [0, 0.05) is 55.8 Å². The third-order valence-corrected chi connectivity index (χ3v) is 8.82. The van der Waals surface area contributed by atoms with Crippen molar-refractivity contribution in [1.29, 1.82) is 0 Å². The van der Waals surface area contributed by atoms with Crippen molar-refractivity contribution in [1.82, 2.24) is 19.4 Å². The molecule has 3 N–H and O–H groups in total. The molecule has 44 heavy (non-hydrogen) atoms. The Morgan fingerprint density at radius 3 is 2.61 bits per heavy atom. The van der Waals surface area contributed by atoms with Gasteiger partial charge in [0.2, 0.25) is 12.7 Å². The number of hydrogen-bond acceptors (Lipinski definition) is 9. The monoisotopic (exact) mass is 628 g/mol. The number of nitrogens with one attached hydrogen (secondary N) is 2. The molecule has 14 nitrogen and oxygen atoms in total. The SMILES string of the molecule is C[C@H](CO)N1C[C@H](C)[C@H](CN(C)C(=O)Nc2ccc3c(c2)OCO3)Oc2ccc(NS(=O)(=O)c3cn(C)cn3)cc2CC1=O. The summed E-state index contributed by atoms with van der Waals surface area (Å²) in [5.41, 5.74) is 1.23. The number of likely N-dealkylation sites (N-methyl/N-ethyl adjacent to an activating group) is 1. The predicted octanol–water partition coefficient (Wildman–Crippen LogP) is 2.26. The second-order valence-electron chi connectivity index (χ2n) is 11.1. The number of benzene rings is 2. The van der Waals surface area contributed by atoms with Crippen LogP contribution >= 0.6 is 0 Å². The molecule has 0 radical (unpaired) electrons. The number of aromatic nitrogens is 2. The average molecular weight is 629 g/mol. The summed E-state index contributed by atoms with van der Waals surface area (Å²) in [6, 6.07) is 8.98. The van der Waals surface area contributed by atoms with Gasteiger partial charge in [-0.3, -0.25) is 9.52 Å². The number of carbonyl (C=O) groups is 2. The molecule has 1 aromatic heterocycles. The Morgan fingerprint density at radius 1 is 1.16 bits per heavy atom. The van der Waals surface area contributed by atoms with E-state index in [0.717, 1.165) is 0 Å². The summed E-state index contributed by atoms with van der Waals surface area (Å²) in [6.07, 6.45) is 2.12. The van der Waals surface area contributed by atoms with Crippen molar-refractivity contribution >= 4 is 33.3 Å². The van der Waals surface area contributed by atoms with Gasteiger partial charge in [0.1, 0.15) is 11.9 Å². The highest BCUT2D eigenvalue weighted by atomic mass is 32.2. The topological polar surface area (TPSA) is 165 Å². The van der Waals surface area contributed by atoms with Crippen LogP contribution in [-0.4, -0.2) is 90.5 Å². The fourth-order valence-corrected chi connectivity index (χ4v) is 6.02. The van der Waals surface area contributed by atoms with Crippen molar-refractivity contribution in [3.05, 3.63) is 54.5 Å². The van der Waals surface area contributed by atoms with Crippen LogP contribution in [0.1, 0.15) is 19.4 Å². The van der Waals surface area contributed by atoms with Crippen LogP contribution in [0.15, 0.2) is 53.9 Å². The largest absolute Gasteiger partial charge is 0.488 e. The fourth-order valence-electron chi connectivity index (χ4n) is 4.99. The molecule has 15 heteroatoms. The first kappa shape index (κ1) is 30.9. The lowest BCUT2D eigenvalue weighted by Gasteiger charge is -2.34. The van der Waals surface area contributed by atoms with Crippen molar-refractivity contribution < 1.29 is 37.3 Å². The number of aliphatic hydroxyl groups is 1. The van der Waals surface area contributed by atoms with E-state index < -0.39 is 22.2 Å². The molecule has 3 heterocycles. The lowest BCUT2D eigenvalue weighted by Crippen LogP contribution is -2.48. The molecular formula is C29H36N6O8S. The van der Waals surface area contributed by atoms with Crippen molar-refractivity contribution in [3.63, 3.8) is 0 Å². The van der Waals surface area contributed by atoms with Gasteiger partial charge in [0.25, 0.3) is 10.0 Å². The first-order valence-corrected chi connectivity index (χ1v) is 15.5. The highest BCUT2D eigenvalue weighted by Crippen LogP contribution is 2.34. The number of amides is 3. The number of nitrogens with zero attached hydrogens (tertiary/aromatic N) is 4. The molecule has 3 atom stereocenters. The number of imidazole rings is 1. The summed E-state index contributed by atoms with van der Waals surface area (Å²) in [6.45, 7) is 3.99. The van der Waals surface area contributed by atoms with Crippen molar-refractivity contribution in [2.75, 3.05) is 43.6 Å². The van der Waals surface area contributed by atoms with Crippen LogP contribution in [0, 0.1) is 5.92 Å². The van der Waals surface area contributed by atoms with Crippen LogP contribution in [0.4, 0.5) is 16.2 Å². The number of aryl methyl sites for hydroxylation is 1. The normalized spacial score (nSPS) is 18.8. The molecule has 2 aliphatic heterocycles. The predicted molar refractivity (Wildman–Crippen MR) is 160 cm³/mol. The average Bonchev–Trinajstić information content (AvgIpc) is 3.65.